The number of halogens is 1. The number of benzene rings is 2. The first-order chi connectivity index (χ1) is 16.0. The number of aryl methyl sites for hydroxylation is 1. The van der Waals surface area contributed by atoms with E-state index in [0.29, 0.717) is 31.7 Å². The third-order valence-corrected chi connectivity index (χ3v) is 6.34. The SMILES string of the molecule is COc1ccc2c(c1)CN(C(=O)CN1C(=O)CCc3cc(-c4cccc(F)c4)cnc31)CC2. The van der Waals surface area contributed by atoms with Gasteiger partial charge in [-0.1, -0.05) is 18.2 Å². The molecule has 1 aromatic heterocycles. The number of methoxy groups -OCH3 is 1. The maximum atomic E-state index is 13.6. The zero-order valence-electron chi connectivity index (χ0n) is 18.4. The fourth-order valence-corrected chi connectivity index (χ4v) is 4.52. The summed E-state index contributed by atoms with van der Waals surface area (Å²) < 4.78 is 19.0. The predicted molar refractivity (Wildman–Crippen MR) is 122 cm³/mol. The van der Waals surface area contributed by atoms with Crippen molar-refractivity contribution < 1.29 is 18.7 Å². The quantitative estimate of drug-likeness (QED) is 0.614. The molecule has 0 unspecified atom stereocenters. The number of carbonyl (C=O) groups excluding carboxylic acids is 2. The lowest BCUT2D eigenvalue weighted by molar-refractivity contribution is -0.132. The number of hydrogen-bond acceptors (Lipinski definition) is 4. The molecule has 2 aliphatic heterocycles. The zero-order valence-corrected chi connectivity index (χ0v) is 18.4. The minimum absolute atomic E-state index is 0.0442. The van der Waals surface area contributed by atoms with E-state index < -0.39 is 0 Å². The number of ether oxygens (including phenoxy) is 1. The number of nitrogens with zero attached hydrogens (tertiary/aromatic N) is 3. The molecule has 6 nitrogen and oxygen atoms in total. The molecule has 0 saturated carbocycles. The summed E-state index contributed by atoms with van der Waals surface area (Å²) in [5, 5.41) is 0. The van der Waals surface area contributed by atoms with E-state index in [9.17, 15) is 14.0 Å². The van der Waals surface area contributed by atoms with Crippen molar-refractivity contribution in [3.05, 3.63) is 77.2 Å². The first kappa shape index (κ1) is 21.1. The molecule has 7 heteroatoms. The van der Waals surface area contributed by atoms with Crippen LogP contribution in [0.5, 0.6) is 5.75 Å². The highest BCUT2D eigenvalue weighted by Crippen LogP contribution is 2.31. The molecule has 0 spiro atoms. The topological polar surface area (TPSA) is 62.7 Å². The van der Waals surface area contributed by atoms with Crippen molar-refractivity contribution in [2.75, 3.05) is 25.1 Å². The Kier molecular flexibility index (Phi) is 5.54. The van der Waals surface area contributed by atoms with Crippen LogP contribution in [-0.4, -0.2) is 41.9 Å². The van der Waals surface area contributed by atoms with Gasteiger partial charge in [0.1, 0.15) is 23.9 Å². The first-order valence-corrected chi connectivity index (χ1v) is 11.0. The van der Waals surface area contributed by atoms with Crippen molar-refractivity contribution in [3.8, 4) is 16.9 Å². The molecule has 0 fully saturated rings. The Morgan fingerprint density at radius 1 is 1.03 bits per heavy atom. The lowest BCUT2D eigenvalue weighted by atomic mass is 9.98. The van der Waals surface area contributed by atoms with Gasteiger partial charge in [0.25, 0.3) is 0 Å². The summed E-state index contributed by atoms with van der Waals surface area (Å²) in [6, 6.07) is 14.2. The van der Waals surface area contributed by atoms with E-state index in [4.69, 9.17) is 4.74 Å². The van der Waals surface area contributed by atoms with Gasteiger partial charge in [-0.25, -0.2) is 9.37 Å². The van der Waals surface area contributed by atoms with E-state index in [-0.39, 0.29) is 24.2 Å². The van der Waals surface area contributed by atoms with Crippen molar-refractivity contribution >= 4 is 17.6 Å². The molecule has 5 rings (SSSR count). The number of amides is 2. The van der Waals surface area contributed by atoms with Crippen molar-refractivity contribution in [3.63, 3.8) is 0 Å². The minimum Gasteiger partial charge on any atom is -0.497 e. The van der Waals surface area contributed by atoms with Gasteiger partial charge >= 0.3 is 0 Å². The fourth-order valence-electron chi connectivity index (χ4n) is 4.52. The lowest BCUT2D eigenvalue weighted by Gasteiger charge is -2.33. The van der Waals surface area contributed by atoms with Gasteiger partial charge in [0.15, 0.2) is 0 Å². The highest BCUT2D eigenvalue weighted by Gasteiger charge is 2.30. The van der Waals surface area contributed by atoms with E-state index >= 15 is 0 Å². The fraction of sp³-hybridized carbons (Fsp3) is 0.269. The molecule has 2 aromatic carbocycles. The van der Waals surface area contributed by atoms with E-state index in [1.165, 1.54) is 22.6 Å². The standard InChI is InChI=1S/C26H24FN3O3/c1-33-23-7-5-17-9-10-29(15-21(17)13-23)25(32)16-30-24(31)8-6-19-11-20(14-28-26(19)30)18-3-2-4-22(27)12-18/h2-5,7,11-14H,6,8-10,15-16H2,1H3. The Balaban J connectivity index is 1.36. The first-order valence-electron chi connectivity index (χ1n) is 11.0. The molecular weight excluding hydrogens is 421 g/mol. The average molecular weight is 445 g/mol. The minimum atomic E-state index is -0.312. The maximum absolute atomic E-state index is 13.6. The van der Waals surface area contributed by atoms with E-state index in [0.717, 1.165) is 34.4 Å². The van der Waals surface area contributed by atoms with Crippen molar-refractivity contribution in [2.24, 2.45) is 0 Å². The van der Waals surface area contributed by atoms with Crippen LogP contribution in [0.2, 0.25) is 0 Å². The molecule has 168 valence electrons. The molecule has 0 N–H and O–H groups in total. The second-order valence-electron chi connectivity index (χ2n) is 8.40. The van der Waals surface area contributed by atoms with Gasteiger partial charge in [-0.15, -0.1) is 0 Å². The normalized spacial score (nSPS) is 15.2. The molecule has 0 radical (unpaired) electrons. The molecule has 33 heavy (non-hydrogen) atoms. The lowest BCUT2D eigenvalue weighted by Crippen LogP contribution is -2.46. The van der Waals surface area contributed by atoms with Crippen LogP contribution in [0.4, 0.5) is 10.2 Å². The third kappa shape index (κ3) is 4.18. The highest BCUT2D eigenvalue weighted by atomic mass is 19.1. The average Bonchev–Trinajstić information content (AvgIpc) is 2.84. The molecule has 2 aliphatic rings. The van der Waals surface area contributed by atoms with Gasteiger partial charge in [0, 0.05) is 31.3 Å². The summed E-state index contributed by atoms with van der Waals surface area (Å²) in [4.78, 5) is 33.6. The Morgan fingerprint density at radius 3 is 2.73 bits per heavy atom. The second kappa shape index (κ2) is 8.65. The number of fused-ring (bicyclic) bond motifs is 2. The Labute approximate surface area is 191 Å². The molecule has 0 atom stereocenters. The van der Waals surface area contributed by atoms with Gasteiger partial charge < -0.3 is 9.64 Å². The van der Waals surface area contributed by atoms with Crippen LogP contribution in [0.25, 0.3) is 11.1 Å². The summed E-state index contributed by atoms with van der Waals surface area (Å²) in [6.45, 7) is 1.06. The van der Waals surface area contributed by atoms with Crippen LogP contribution in [0.15, 0.2) is 54.7 Å². The molecule has 0 bridgehead atoms. The highest BCUT2D eigenvalue weighted by molar-refractivity contribution is 6.00. The van der Waals surface area contributed by atoms with Crippen molar-refractivity contribution in [1.29, 1.82) is 0 Å². The number of rotatable bonds is 4. The van der Waals surface area contributed by atoms with Crippen LogP contribution in [0, 0.1) is 5.82 Å². The molecule has 3 aromatic rings. The summed E-state index contributed by atoms with van der Waals surface area (Å²) in [7, 11) is 1.62. The Bertz CT molecular complexity index is 1240. The summed E-state index contributed by atoms with van der Waals surface area (Å²) in [5.41, 5.74) is 4.68. The Morgan fingerprint density at radius 2 is 1.91 bits per heavy atom. The summed E-state index contributed by atoms with van der Waals surface area (Å²) in [5.74, 6) is 0.746. The number of hydrogen-bond donors (Lipinski definition) is 0. The van der Waals surface area contributed by atoms with Crippen molar-refractivity contribution in [2.45, 2.75) is 25.8 Å². The van der Waals surface area contributed by atoms with Gasteiger partial charge in [-0.2, -0.15) is 0 Å². The number of carbonyl (C=O) groups is 2. The largest absolute Gasteiger partial charge is 0.497 e. The van der Waals surface area contributed by atoms with Gasteiger partial charge in [-0.05, 0) is 65.4 Å². The summed E-state index contributed by atoms with van der Waals surface area (Å²) >= 11 is 0. The summed E-state index contributed by atoms with van der Waals surface area (Å²) in [6.07, 6.45) is 3.26. The van der Waals surface area contributed by atoms with E-state index in [1.54, 1.807) is 24.3 Å². The number of aromatic nitrogens is 1. The Hall–Kier alpha value is -3.74. The molecule has 2 amide bonds. The van der Waals surface area contributed by atoms with Gasteiger partial charge in [0.05, 0.1) is 7.11 Å². The zero-order chi connectivity index (χ0) is 22.9. The smallest absolute Gasteiger partial charge is 0.243 e. The number of anilines is 1. The van der Waals surface area contributed by atoms with Gasteiger partial charge in [-0.3, -0.25) is 14.5 Å². The number of pyridine rings is 1. The van der Waals surface area contributed by atoms with E-state index in [1.807, 2.05) is 30.3 Å². The monoisotopic (exact) mass is 445 g/mol. The molecular formula is C26H24FN3O3. The maximum Gasteiger partial charge on any atom is 0.243 e. The van der Waals surface area contributed by atoms with Gasteiger partial charge in [0.2, 0.25) is 11.8 Å². The van der Waals surface area contributed by atoms with Crippen LogP contribution >= 0.6 is 0 Å². The molecule has 3 heterocycles. The van der Waals surface area contributed by atoms with Crippen molar-refractivity contribution in [1.82, 2.24) is 9.88 Å². The third-order valence-electron chi connectivity index (χ3n) is 6.34. The predicted octanol–water partition coefficient (Wildman–Crippen LogP) is 3.76. The second-order valence-corrected chi connectivity index (χ2v) is 8.40. The van der Waals surface area contributed by atoms with Crippen LogP contribution in [0.3, 0.4) is 0 Å². The van der Waals surface area contributed by atoms with Crippen LogP contribution < -0.4 is 9.64 Å². The van der Waals surface area contributed by atoms with Crippen LogP contribution in [-0.2, 0) is 29.0 Å². The molecule has 0 saturated heterocycles. The van der Waals surface area contributed by atoms with E-state index in [2.05, 4.69) is 4.98 Å². The van der Waals surface area contributed by atoms with Crippen LogP contribution in [0.1, 0.15) is 23.1 Å². The molecule has 0 aliphatic carbocycles.